The fourth-order valence-corrected chi connectivity index (χ4v) is 2.08. The van der Waals surface area contributed by atoms with Crippen LogP contribution in [0.2, 0.25) is 0 Å². The first-order valence-corrected chi connectivity index (χ1v) is 5.69. The summed E-state index contributed by atoms with van der Waals surface area (Å²) in [6.07, 6.45) is 9.31. The zero-order valence-electron chi connectivity index (χ0n) is 9.24. The van der Waals surface area contributed by atoms with E-state index < -0.39 is 0 Å². The Kier molecular flexibility index (Phi) is 3.33. The minimum atomic E-state index is 1.10. The third-order valence-electron chi connectivity index (χ3n) is 2.81. The molecule has 0 heterocycles. The summed E-state index contributed by atoms with van der Waals surface area (Å²) >= 11 is 0. The van der Waals surface area contributed by atoms with E-state index in [1.165, 1.54) is 36.8 Å². The Hall–Kier alpha value is -1.37. The Labute approximate surface area is 91.6 Å². The molecule has 0 amide bonds. The van der Waals surface area contributed by atoms with E-state index in [0.29, 0.717) is 0 Å². The summed E-state index contributed by atoms with van der Waals surface area (Å²) in [7, 11) is 0. The largest absolute Gasteiger partial charge is 0.261 e. The number of hydrogen-bond donors (Lipinski definition) is 0. The van der Waals surface area contributed by atoms with Gasteiger partial charge in [0.25, 0.3) is 0 Å². The van der Waals surface area contributed by atoms with Crippen LogP contribution >= 0.6 is 0 Å². The van der Waals surface area contributed by atoms with Crippen molar-refractivity contribution >= 4 is 17.5 Å². The van der Waals surface area contributed by atoms with Crippen LogP contribution in [0.5, 0.6) is 0 Å². The average molecular weight is 199 g/mol. The molecule has 0 bridgehead atoms. The summed E-state index contributed by atoms with van der Waals surface area (Å²) in [5, 5.41) is 0. The summed E-state index contributed by atoms with van der Waals surface area (Å²) in [6.45, 7) is 1.96. The van der Waals surface area contributed by atoms with Crippen molar-refractivity contribution < 1.29 is 0 Å². The molecular weight excluding hydrogens is 182 g/mol. The molecule has 2 rings (SSSR count). The first-order valence-electron chi connectivity index (χ1n) is 5.69. The van der Waals surface area contributed by atoms with Crippen LogP contribution in [0.4, 0.5) is 5.69 Å². The molecule has 1 aliphatic rings. The number of allylic oxidation sites excluding steroid dienone is 2. The first kappa shape index (κ1) is 10.2. The standard InChI is InChI=1S/C14H17N/c1-2-15-14-11-7-6-10-13(14)12-8-4-3-5-9-12/h2,6-8,10-11H,3-5,9H2,1H3. The maximum Gasteiger partial charge on any atom is 0.0700 e. The molecule has 0 saturated heterocycles. The van der Waals surface area contributed by atoms with Gasteiger partial charge in [0.15, 0.2) is 0 Å². The molecule has 0 aliphatic heterocycles. The lowest BCUT2D eigenvalue weighted by atomic mass is 9.93. The van der Waals surface area contributed by atoms with Crippen LogP contribution in [0.3, 0.4) is 0 Å². The molecule has 0 radical (unpaired) electrons. The van der Waals surface area contributed by atoms with Gasteiger partial charge in [-0.15, -0.1) is 0 Å². The average Bonchev–Trinajstić information content (AvgIpc) is 2.31. The first-order chi connectivity index (χ1) is 7.42. The van der Waals surface area contributed by atoms with Crippen LogP contribution in [0.1, 0.15) is 38.2 Å². The van der Waals surface area contributed by atoms with Gasteiger partial charge in [-0.25, -0.2) is 0 Å². The zero-order chi connectivity index (χ0) is 10.5. The van der Waals surface area contributed by atoms with E-state index in [9.17, 15) is 0 Å². The fourth-order valence-electron chi connectivity index (χ4n) is 2.08. The molecule has 1 heteroatoms. The Morgan fingerprint density at radius 3 is 2.80 bits per heavy atom. The van der Waals surface area contributed by atoms with Crippen molar-refractivity contribution in [3.63, 3.8) is 0 Å². The molecule has 0 atom stereocenters. The molecule has 1 nitrogen and oxygen atoms in total. The molecular formula is C14H17N. The van der Waals surface area contributed by atoms with Crippen LogP contribution in [0, 0.1) is 0 Å². The normalized spacial score (nSPS) is 16.7. The minimum absolute atomic E-state index is 1.10. The van der Waals surface area contributed by atoms with Crippen molar-refractivity contribution in [3.8, 4) is 0 Å². The second-order valence-electron chi connectivity index (χ2n) is 3.88. The lowest BCUT2D eigenvalue weighted by Gasteiger charge is -2.14. The summed E-state index contributed by atoms with van der Waals surface area (Å²) < 4.78 is 0. The molecule has 1 aromatic carbocycles. The summed E-state index contributed by atoms with van der Waals surface area (Å²) in [4.78, 5) is 4.42. The van der Waals surface area contributed by atoms with E-state index in [1.54, 1.807) is 0 Å². The smallest absolute Gasteiger partial charge is 0.0700 e. The van der Waals surface area contributed by atoms with Gasteiger partial charge < -0.3 is 0 Å². The molecule has 1 aliphatic carbocycles. The Balaban J connectivity index is 2.37. The van der Waals surface area contributed by atoms with Crippen molar-refractivity contribution in [2.24, 2.45) is 4.99 Å². The molecule has 0 unspecified atom stereocenters. The van der Waals surface area contributed by atoms with Crippen LogP contribution in [-0.4, -0.2) is 6.21 Å². The molecule has 15 heavy (non-hydrogen) atoms. The van der Waals surface area contributed by atoms with Crippen LogP contribution < -0.4 is 0 Å². The third kappa shape index (κ3) is 2.35. The van der Waals surface area contributed by atoms with Gasteiger partial charge in [-0.3, -0.25) is 4.99 Å². The van der Waals surface area contributed by atoms with Gasteiger partial charge in [-0.05, 0) is 44.2 Å². The summed E-state index contributed by atoms with van der Waals surface area (Å²) in [6, 6.07) is 8.42. The predicted molar refractivity (Wildman–Crippen MR) is 66.7 cm³/mol. The van der Waals surface area contributed by atoms with E-state index in [4.69, 9.17) is 0 Å². The van der Waals surface area contributed by atoms with E-state index in [0.717, 1.165) is 5.69 Å². The SMILES string of the molecule is CC=Nc1ccccc1C1=CCCCC1. The Morgan fingerprint density at radius 1 is 1.20 bits per heavy atom. The predicted octanol–water partition coefficient (Wildman–Crippen LogP) is 4.37. The second kappa shape index (κ2) is 4.92. The van der Waals surface area contributed by atoms with Gasteiger partial charge in [-0.2, -0.15) is 0 Å². The van der Waals surface area contributed by atoms with Gasteiger partial charge in [0, 0.05) is 11.8 Å². The van der Waals surface area contributed by atoms with Crippen LogP contribution in [-0.2, 0) is 0 Å². The lowest BCUT2D eigenvalue weighted by Crippen LogP contribution is -1.92. The highest BCUT2D eigenvalue weighted by atomic mass is 14.7. The maximum atomic E-state index is 4.42. The molecule has 0 saturated carbocycles. The highest BCUT2D eigenvalue weighted by Gasteiger charge is 2.08. The van der Waals surface area contributed by atoms with Gasteiger partial charge in [0.2, 0.25) is 0 Å². The van der Waals surface area contributed by atoms with Crippen molar-refractivity contribution in [2.45, 2.75) is 32.6 Å². The lowest BCUT2D eigenvalue weighted by molar-refractivity contribution is 0.742. The van der Waals surface area contributed by atoms with Gasteiger partial charge in [0.1, 0.15) is 0 Å². The third-order valence-corrected chi connectivity index (χ3v) is 2.81. The Bertz CT molecular complexity index is 388. The number of aliphatic imine (C=N–C) groups is 1. The number of nitrogens with zero attached hydrogens (tertiary/aromatic N) is 1. The summed E-state index contributed by atoms with van der Waals surface area (Å²) in [5.41, 5.74) is 3.89. The molecule has 0 spiro atoms. The maximum absolute atomic E-state index is 4.42. The zero-order valence-corrected chi connectivity index (χ0v) is 9.24. The number of hydrogen-bond acceptors (Lipinski definition) is 1. The van der Waals surface area contributed by atoms with Crippen LogP contribution in [0.15, 0.2) is 35.3 Å². The molecule has 0 N–H and O–H groups in total. The monoisotopic (exact) mass is 199 g/mol. The molecule has 0 aromatic heterocycles. The van der Waals surface area contributed by atoms with Crippen molar-refractivity contribution in [1.29, 1.82) is 0 Å². The van der Waals surface area contributed by atoms with Crippen molar-refractivity contribution in [2.75, 3.05) is 0 Å². The van der Waals surface area contributed by atoms with Gasteiger partial charge >= 0.3 is 0 Å². The van der Waals surface area contributed by atoms with Crippen molar-refractivity contribution in [1.82, 2.24) is 0 Å². The Morgan fingerprint density at radius 2 is 2.07 bits per heavy atom. The van der Waals surface area contributed by atoms with Crippen molar-refractivity contribution in [3.05, 3.63) is 35.9 Å². The van der Waals surface area contributed by atoms with Gasteiger partial charge in [0.05, 0.1) is 5.69 Å². The summed E-state index contributed by atoms with van der Waals surface area (Å²) in [5.74, 6) is 0. The topological polar surface area (TPSA) is 12.4 Å². The van der Waals surface area contributed by atoms with E-state index in [2.05, 4.69) is 35.3 Å². The van der Waals surface area contributed by atoms with Gasteiger partial charge in [-0.1, -0.05) is 24.3 Å². The highest BCUT2D eigenvalue weighted by molar-refractivity contribution is 5.77. The fraction of sp³-hybridized carbons (Fsp3) is 0.357. The molecule has 0 fully saturated rings. The molecule has 78 valence electrons. The number of benzene rings is 1. The molecule has 1 aromatic rings. The van der Waals surface area contributed by atoms with Crippen LogP contribution in [0.25, 0.3) is 5.57 Å². The van der Waals surface area contributed by atoms with E-state index >= 15 is 0 Å². The quantitative estimate of drug-likeness (QED) is 0.627. The van der Waals surface area contributed by atoms with E-state index in [1.807, 2.05) is 13.1 Å². The van der Waals surface area contributed by atoms with E-state index in [-0.39, 0.29) is 0 Å². The minimum Gasteiger partial charge on any atom is -0.261 e. The second-order valence-corrected chi connectivity index (χ2v) is 3.88. The number of rotatable bonds is 2. The number of para-hydroxylation sites is 1. The highest BCUT2D eigenvalue weighted by Crippen LogP contribution is 2.32.